The number of hydrogen-bond acceptors (Lipinski definition) is 5. The van der Waals surface area contributed by atoms with Crippen molar-refractivity contribution in [1.29, 1.82) is 0 Å². The van der Waals surface area contributed by atoms with Gasteiger partial charge in [-0.2, -0.15) is 0 Å². The highest BCUT2D eigenvalue weighted by Gasteiger charge is 2.04. The maximum atomic E-state index is 6.02. The molecule has 0 aromatic heterocycles. The van der Waals surface area contributed by atoms with E-state index in [2.05, 4.69) is 20.6 Å². The standard InChI is InChI=1S/C28H26N4OS2/c1-34-27(29-21-9-5-3-6-10-21)31-23-13-17-25(18-14-23)33-26-19-15-24(16-20-26)32-28(35-2)30-22-11-7-4-8-12-22/h3-20H,1-2H3,(H,29,31)(H,30,32). The summed E-state index contributed by atoms with van der Waals surface area (Å²) in [5.74, 6) is 1.52. The van der Waals surface area contributed by atoms with E-state index in [1.807, 2.05) is 122 Å². The summed E-state index contributed by atoms with van der Waals surface area (Å²) in [6, 6.07) is 35.5. The molecule has 5 nitrogen and oxygen atoms in total. The van der Waals surface area contributed by atoms with Crippen LogP contribution in [0.25, 0.3) is 0 Å². The quantitative estimate of drug-likeness (QED) is 0.206. The summed E-state index contributed by atoms with van der Waals surface area (Å²) < 4.78 is 6.02. The van der Waals surface area contributed by atoms with E-state index in [0.29, 0.717) is 0 Å². The summed E-state index contributed by atoms with van der Waals surface area (Å²) in [6.07, 6.45) is 4.00. The number of aliphatic imine (C=N–C) groups is 2. The predicted molar refractivity (Wildman–Crippen MR) is 154 cm³/mol. The zero-order chi connectivity index (χ0) is 24.3. The lowest BCUT2D eigenvalue weighted by Crippen LogP contribution is -2.06. The lowest BCUT2D eigenvalue weighted by Gasteiger charge is -2.11. The molecule has 0 fully saturated rings. The molecule has 0 aliphatic carbocycles. The molecule has 0 saturated carbocycles. The molecule has 35 heavy (non-hydrogen) atoms. The van der Waals surface area contributed by atoms with Gasteiger partial charge in [0.2, 0.25) is 0 Å². The monoisotopic (exact) mass is 498 g/mol. The number of para-hydroxylation sites is 2. The van der Waals surface area contributed by atoms with Crippen LogP contribution in [0.2, 0.25) is 0 Å². The van der Waals surface area contributed by atoms with Crippen molar-refractivity contribution in [2.75, 3.05) is 23.1 Å². The summed E-state index contributed by atoms with van der Waals surface area (Å²) in [5.41, 5.74) is 3.72. The fourth-order valence-electron chi connectivity index (χ4n) is 3.08. The van der Waals surface area contributed by atoms with Crippen LogP contribution in [0, 0.1) is 0 Å². The number of nitrogens with zero attached hydrogens (tertiary/aromatic N) is 2. The molecule has 0 aliphatic heterocycles. The molecule has 0 saturated heterocycles. The third-order valence-electron chi connectivity index (χ3n) is 4.81. The minimum atomic E-state index is 0.761. The van der Waals surface area contributed by atoms with E-state index in [1.54, 1.807) is 23.5 Å². The second-order valence-corrected chi connectivity index (χ2v) is 8.90. The molecular weight excluding hydrogens is 472 g/mol. The first kappa shape index (κ1) is 24.4. The number of hydrogen-bond donors (Lipinski definition) is 2. The topological polar surface area (TPSA) is 58.0 Å². The summed E-state index contributed by atoms with van der Waals surface area (Å²) in [6.45, 7) is 0. The highest BCUT2D eigenvalue weighted by atomic mass is 32.2. The Bertz CT molecular complexity index is 1160. The zero-order valence-corrected chi connectivity index (χ0v) is 21.1. The third kappa shape index (κ3) is 7.67. The van der Waals surface area contributed by atoms with Crippen molar-refractivity contribution < 1.29 is 4.74 Å². The molecule has 0 atom stereocenters. The minimum absolute atomic E-state index is 0.761. The molecule has 7 heteroatoms. The molecule has 0 aliphatic rings. The summed E-state index contributed by atoms with van der Waals surface area (Å²) in [4.78, 5) is 9.28. The lowest BCUT2D eigenvalue weighted by atomic mass is 10.3. The van der Waals surface area contributed by atoms with Crippen LogP contribution >= 0.6 is 23.5 Å². The molecule has 4 rings (SSSR count). The van der Waals surface area contributed by atoms with Gasteiger partial charge in [-0.15, -0.1) is 0 Å². The van der Waals surface area contributed by atoms with Gasteiger partial charge in [0.1, 0.15) is 11.5 Å². The Balaban J connectivity index is 1.35. The van der Waals surface area contributed by atoms with Crippen molar-refractivity contribution in [2.24, 2.45) is 9.98 Å². The second-order valence-electron chi connectivity index (χ2n) is 7.31. The van der Waals surface area contributed by atoms with Crippen LogP contribution in [0.5, 0.6) is 11.5 Å². The normalized spacial score (nSPS) is 11.7. The first-order valence-electron chi connectivity index (χ1n) is 11.0. The van der Waals surface area contributed by atoms with E-state index in [9.17, 15) is 0 Å². The first-order valence-corrected chi connectivity index (χ1v) is 13.4. The molecule has 0 spiro atoms. The fraction of sp³-hybridized carbons (Fsp3) is 0.0714. The van der Waals surface area contributed by atoms with Crippen LogP contribution in [0.1, 0.15) is 0 Å². The van der Waals surface area contributed by atoms with Crippen LogP contribution in [0.3, 0.4) is 0 Å². The number of nitrogens with one attached hydrogen (secondary N) is 2. The maximum absolute atomic E-state index is 6.02. The van der Waals surface area contributed by atoms with Crippen molar-refractivity contribution in [3.8, 4) is 11.5 Å². The second kappa shape index (κ2) is 12.7. The fourth-order valence-corrected chi connectivity index (χ4v) is 3.92. The Kier molecular flexibility index (Phi) is 8.86. The van der Waals surface area contributed by atoms with Gasteiger partial charge < -0.3 is 15.4 Å². The van der Waals surface area contributed by atoms with Gasteiger partial charge >= 0.3 is 0 Å². The Labute approximate surface area is 214 Å². The van der Waals surface area contributed by atoms with Gasteiger partial charge in [-0.05, 0) is 85.3 Å². The van der Waals surface area contributed by atoms with E-state index in [4.69, 9.17) is 4.74 Å². The largest absolute Gasteiger partial charge is 0.457 e. The number of ether oxygens (including phenoxy) is 1. The smallest absolute Gasteiger partial charge is 0.165 e. The van der Waals surface area contributed by atoms with Crippen LogP contribution in [0.15, 0.2) is 119 Å². The summed E-state index contributed by atoms with van der Waals surface area (Å²) >= 11 is 3.13. The number of benzene rings is 4. The summed E-state index contributed by atoms with van der Waals surface area (Å²) in [5, 5.41) is 8.36. The highest BCUT2D eigenvalue weighted by molar-refractivity contribution is 8.13. The molecule has 4 aromatic carbocycles. The molecule has 0 unspecified atom stereocenters. The lowest BCUT2D eigenvalue weighted by molar-refractivity contribution is 0.483. The van der Waals surface area contributed by atoms with E-state index in [0.717, 1.165) is 44.6 Å². The van der Waals surface area contributed by atoms with Gasteiger partial charge in [0, 0.05) is 11.4 Å². The van der Waals surface area contributed by atoms with Crippen LogP contribution in [-0.2, 0) is 0 Å². The molecule has 0 heterocycles. The molecule has 2 N–H and O–H groups in total. The van der Waals surface area contributed by atoms with Gasteiger partial charge in [0.05, 0.1) is 11.4 Å². The van der Waals surface area contributed by atoms with Gasteiger partial charge in [-0.25, -0.2) is 9.98 Å². The molecule has 0 amide bonds. The van der Waals surface area contributed by atoms with Crippen molar-refractivity contribution in [1.82, 2.24) is 0 Å². The van der Waals surface area contributed by atoms with E-state index >= 15 is 0 Å². The van der Waals surface area contributed by atoms with E-state index in [-0.39, 0.29) is 0 Å². The van der Waals surface area contributed by atoms with Crippen molar-refractivity contribution in [3.05, 3.63) is 109 Å². The van der Waals surface area contributed by atoms with Gasteiger partial charge in [0.25, 0.3) is 0 Å². The molecule has 0 bridgehead atoms. The third-order valence-corrected chi connectivity index (χ3v) is 5.97. The van der Waals surface area contributed by atoms with Crippen molar-refractivity contribution >= 4 is 56.6 Å². The average molecular weight is 499 g/mol. The molecular formula is C28H26N4OS2. The highest BCUT2D eigenvalue weighted by Crippen LogP contribution is 2.26. The van der Waals surface area contributed by atoms with Gasteiger partial charge in [-0.1, -0.05) is 59.9 Å². The van der Waals surface area contributed by atoms with E-state index < -0.39 is 0 Å². The van der Waals surface area contributed by atoms with Crippen molar-refractivity contribution in [2.45, 2.75) is 0 Å². The first-order chi connectivity index (χ1) is 17.2. The Hall–Kier alpha value is -3.68. The molecule has 4 aromatic rings. The maximum Gasteiger partial charge on any atom is 0.165 e. The minimum Gasteiger partial charge on any atom is -0.457 e. The van der Waals surface area contributed by atoms with Crippen molar-refractivity contribution in [3.63, 3.8) is 0 Å². The number of rotatable bonds is 6. The molecule has 0 radical (unpaired) electrons. The average Bonchev–Trinajstić information content (AvgIpc) is 2.91. The van der Waals surface area contributed by atoms with Crippen LogP contribution in [-0.4, -0.2) is 22.8 Å². The Morgan fingerprint density at radius 2 is 0.914 bits per heavy atom. The van der Waals surface area contributed by atoms with Gasteiger partial charge in [-0.3, -0.25) is 0 Å². The number of anilines is 2. The number of thioether (sulfide) groups is 2. The molecule has 176 valence electrons. The predicted octanol–water partition coefficient (Wildman–Crippen LogP) is 8.40. The summed E-state index contributed by atoms with van der Waals surface area (Å²) in [7, 11) is 0. The van der Waals surface area contributed by atoms with Gasteiger partial charge in [0.15, 0.2) is 10.3 Å². The zero-order valence-electron chi connectivity index (χ0n) is 19.5. The van der Waals surface area contributed by atoms with E-state index in [1.165, 1.54) is 0 Å². The Morgan fingerprint density at radius 3 is 1.26 bits per heavy atom. The SMILES string of the molecule is CSC(=Nc1ccccc1)Nc1ccc(Oc2ccc(NC(=Nc3ccccc3)SC)cc2)cc1. The number of amidine groups is 2. The Morgan fingerprint density at radius 1 is 0.543 bits per heavy atom. The van der Waals surface area contributed by atoms with Crippen LogP contribution < -0.4 is 15.4 Å². The van der Waals surface area contributed by atoms with Crippen LogP contribution in [0.4, 0.5) is 22.7 Å².